The van der Waals surface area contributed by atoms with Gasteiger partial charge in [0.05, 0.1) is 7.11 Å². The van der Waals surface area contributed by atoms with E-state index in [0.717, 1.165) is 11.3 Å². The first-order chi connectivity index (χ1) is 15.9. The number of ketones is 1. The fourth-order valence-electron chi connectivity index (χ4n) is 4.39. The molecule has 8 nitrogen and oxygen atoms in total. The van der Waals surface area contributed by atoms with E-state index >= 15 is 0 Å². The highest BCUT2D eigenvalue weighted by atomic mass is 16.5. The Morgan fingerprint density at radius 1 is 1.00 bits per heavy atom. The number of hydrogen-bond donors (Lipinski definition) is 3. The van der Waals surface area contributed by atoms with Crippen LogP contribution in [0.2, 0.25) is 0 Å². The second kappa shape index (κ2) is 10.1. The highest BCUT2D eigenvalue weighted by Gasteiger charge is 2.34. The molecule has 2 aliphatic rings. The number of carbonyl (C=O) groups excluding carboxylic acids is 3. The summed E-state index contributed by atoms with van der Waals surface area (Å²) in [6.45, 7) is 2.68. The van der Waals surface area contributed by atoms with Crippen LogP contribution in [0.25, 0.3) is 0 Å². The van der Waals surface area contributed by atoms with Crippen LogP contribution in [-0.4, -0.2) is 54.8 Å². The zero-order chi connectivity index (χ0) is 23.4. The van der Waals surface area contributed by atoms with Gasteiger partial charge in [-0.05, 0) is 56.0 Å². The monoisotopic (exact) mass is 450 g/mol. The van der Waals surface area contributed by atoms with Crippen molar-refractivity contribution in [3.8, 4) is 5.75 Å². The third-order valence-electron chi connectivity index (χ3n) is 6.39. The van der Waals surface area contributed by atoms with E-state index in [1.807, 2.05) is 29.2 Å². The summed E-state index contributed by atoms with van der Waals surface area (Å²) in [4.78, 5) is 39.0. The molecule has 3 N–H and O–H groups in total. The van der Waals surface area contributed by atoms with Gasteiger partial charge < -0.3 is 15.0 Å². The van der Waals surface area contributed by atoms with E-state index in [1.165, 1.54) is 6.92 Å². The molecule has 8 heteroatoms. The maximum absolute atomic E-state index is 13.0. The highest BCUT2D eigenvalue weighted by molar-refractivity contribution is 5.99. The van der Waals surface area contributed by atoms with Crippen LogP contribution in [0, 0.1) is 0 Å². The lowest BCUT2D eigenvalue weighted by Gasteiger charge is -2.33. The van der Waals surface area contributed by atoms with Crippen molar-refractivity contribution in [2.45, 2.75) is 44.3 Å². The Hall–Kier alpha value is -3.23. The molecular weight excluding hydrogens is 420 g/mol. The van der Waals surface area contributed by atoms with Crippen LogP contribution in [-0.2, 0) is 4.79 Å². The lowest BCUT2D eigenvalue weighted by molar-refractivity contribution is -0.134. The topological polar surface area (TPSA) is 99.8 Å². The van der Waals surface area contributed by atoms with Crippen LogP contribution in [0.1, 0.15) is 58.5 Å². The van der Waals surface area contributed by atoms with Gasteiger partial charge in [0.2, 0.25) is 5.91 Å². The molecule has 0 bridgehead atoms. The molecule has 33 heavy (non-hydrogen) atoms. The molecule has 174 valence electrons. The number of hydrazine groups is 1. The van der Waals surface area contributed by atoms with Gasteiger partial charge in [-0.15, -0.1) is 0 Å². The van der Waals surface area contributed by atoms with Gasteiger partial charge in [0.15, 0.2) is 5.78 Å². The van der Waals surface area contributed by atoms with Gasteiger partial charge in [-0.1, -0.05) is 24.3 Å². The van der Waals surface area contributed by atoms with Crippen LogP contribution in [0.4, 0.5) is 0 Å². The molecule has 2 atom stereocenters. The summed E-state index contributed by atoms with van der Waals surface area (Å²) in [5, 5.41) is 3.04. The fraction of sp³-hybridized carbons (Fsp3) is 0.400. The van der Waals surface area contributed by atoms with Crippen molar-refractivity contribution in [1.82, 2.24) is 21.1 Å². The van der Waals surface area contributed by atoms with Crippen molar-refractivity contribution in [1.29, 1.82) is 0 Å². The van der Waals surface area contributed by atoms with Crippen molar-refractivity contribution >= 4 is 17.6 Å². The van der Waals surface area contributed by atoms with E-state index in [2.05, 4.69) is 16.2 Å². The van der Waals surface area contributed by atoms with Crippen molar-refractivity contribution in [3.63, 3.8) is 0 Å². The first-order valence-corrected chi connectivity index (χ1v) is 11.3. The predicted octanol–water partition coefficient (Wildman–Crippen LogP) is 2.23. The van der Waals surface area contributed by atoms with E-state index in [9.17, 15) is 14.4 Å². The average molecular weight is 451 g/mol. The van der Waals surface area contributed by atoms with Crippen LogP contribution in [0.3, 0.4) is 0 Å². The molecule has 0 aliphatic carbocycles. The third kappa shape index (κ3) is 5.40. The van der Waals surface area contributed by atoms with E-state index in [-0.39, 0.29) is 35.7 Å². The van der Waals surface area contributed by atoms with Crippen molar-refractivity contribution < 1.29 is 19.1 Å². The molecule has 2 fully saturated rings. The zero-order valence-electron chi connectivity index (χ0n) is 19.0. The Morgan fingerprint density at radius 3 is 2.36 bits per heavy atom. The van der Waals surface area contributed by atoms with Gasteiger partial charge in [-0.25, -0.2) is 10.9 Å². The van der Waals surface area contributed by atoms with E-state index in [4.69, 9.17) is 4.74 Å². The number of hydrogen-bond acceptors (Lipinski definition) is 6. The van der Waals surface area contributed by atoms with E-state index < -0.39 is 0 Å². The summed E-state index contributed by atoms with van der Waals surface area (Å²) in [5.74, 6) is 0.629. The van der Waals surface area contributed by atoms with Gasteiger partial charge in [-0.2, -0.15) is 0 Å². The Labute approximate surface area is 193 Å². The van der Waals surface area contributed by atoms with Gasteiger partial charge >= 0.3 is 0 Å². The standard InChI is InChI=1S/C25H30N4O4/c1-16(30)18-4-3-5-19(14-18)24(31)26-20-10-12-29(13-11-20)25(32)23-15-22(27-28-23)17-6-8-21(33-2)9-7-17/h3-9,14,20,22-23,27-28H,10-13,15H2,1-2H3,(H,26,31). The first-order valence-electron chi connectivity index (χ1n) is 11.3. The second-order valence-corrected chi connectivity index (χ2v) is 8.61. The number of benzene rings is 2. The minimum Gasteiger partial charge on any atom is -0.497 e. The number of nitrogens with zero attached hydrogens (tertiary/aromatic N) is 1. The van der Waals surface area contributed by atoms with Gasteiger partial charge in [0.25, 0.3) is 5.91 Å². The number of piperidine rings is 1. The molecule has 0 saturated carbocycles. The lowest BCUT2D eigenvalue weighted by Crippen LogP contribution is -2.51. The van der Waals surface area contributed by atoms with Gasteiger partial charge in [0, 0.05) is 36.3 Å². The number of methoxy groups -OCH3 is 1. The molecular formula is C25H30N4O4. The Balaban J connectivity index is 1.26. The average Bonchev–Trinajstić information content (AvgIpc) is 3.34. The van der Waals surface area contributed by atoms with Crippen LogP contribution in [0.5, 0.6) is 5.75 Å². The van der Waals surface area contributed by atoms with Gasteiger partial charge in [-0.3, -0.25) is 14.4 Å². The summed E-state index contributed by atoms with van der Waals surface area (Å²) in [6, 6.07) is 14.4. The minimum absolute atomic E-state index is 0.00393. The summed E-state index contributed by atoms with van der Waals surface area (Å²) < 4.78 is 5.21. The molecule has 2 aromatic rings. The van der Waals surface area contributed by atoms with E-state index in [1.54, 1.807) is 31.4 Å². The molecule has 2 saturated heterocycles. The van der Waals surface area contributed by atoms with Crippen molar-refractivity contribution in [3.05, 3.63) is 65.2 Å². The molecule has 2 amide bonds. The number of rotatable bonds is 6. The zero-order valence-corrected chi connectivity index (χ0v) is 19.0. The molecule has 2 heterocycles. The molecule has 2 unspecified atom stereocenters. The summed E-state index contributed by atoms with van der Waals surface area (Å²) >= 11 is 0. The Kier molecular flexibility index (Phi) is 7.05. The van der Waals surface area contributed by atoms with Crippen LogP contribution < -0.4 is 20.9 Å². The van der Waals surface area contributed by atoms with Crippen LogP contribution >= 0.6 is 0 Å². The van der Waals surface area contributed by atoms with Gasteiger partial charge in [0.1, 0.15) is 11.8 Å². The van der Waals surface area contributed by atoms with E-state index in [0.29, 0.717) is 43.5 Å². The molecule has 2 aromatic carbocycles. The Morgan fingerprint density at radius 2 is 1.70 bits per heavy atom. The summed E-state index contributed by atoms with van der Waals surface area (Å²) in [5.41, 5.74) is 8.47. The van der Waals surface area contributed by atoms with Crippen molar-refractivity contribution in [2.75, 3.05) is 20.2 Å². The highest BCUT2D eigenvalue weighted by Crippen LogP contribution is 2.25. The molecule has 0 spiro atoms. The number of amides is 2. The second-order valence-electron chi connectivity index (χ2n) is 8.61. The number of carbonyl (C=O) groups is 3. The summed E-state index contributed by atoms with van der Waals surface area (Å²) in [6.07, 6.45) is 2.08. The first kappa shape index (κ1) is 22.9. The quantitative estimate of drug-likeness (QED) is 0.584. The fourth-order valence-corrected chi connectivity index (χ4v) is 4.39. The lowest BCUT2D eigenvalue weighted by atomic mass is 9.99. The smallest absolute Gasteiger partial charge is 0.251 e. The SMILES string of the molecule is COc1ccc(C2CC(C(=O)N3CCC(NC(=O)c4cccc(C(C)=O)c4)CC3)NN2)cc1. The maximum Gasteiger partial charge on any atom is 0.251 e. The number of ether oxygens (including phenoxy) is 1. The van der Waals surface area contributed by atoms with Crippen molar-refractivity contribution in [2.24, 2.45) is 0 Å². The number of likely N-dealkylation sites (tertiary alicyclic amines) is 1. The summed E-state index contributed by atoms with van der Waals surface area (Å²) in [7, 11) is 1.64. The molecule has 2 aliphatic heterocycles. The molecule has 0 radical (unpaired) electrons. The van der Waals surface area contributed by atoms with Crippen LogP contribution in [0.15, 0.2) is 48.5 Å². The number of nitrogens with one attached hydrogen (secondary N) is 3. The minimum atomic E-state index is -0.280. The predicted molar refractivity (Wildman–Crippen MR) is 124 cm³/mol. The maximum atomic E-state index is 13.0. The Bertz CT molecular complexity index is 1020. The largest absolute Gasteiger partial charge is 0.497 e. The number of Topliss-reactive ketones (excluding diaryl/α,β-unsaturated/α-hetero) is 1. The molecule has 4 rings (SSSR count). The normalized spacial score (nSPS) is 21.0. The molecule has 0 aromatic heterocycles. The third-order valence-corrected chi connectivity index (χ3v) is 6.39.